The van der Waals surface area contributed by atoms with Crippen molar-refractivity contribution in [2.24, 2.45) is 0 Å². The first-order valence-electron chi connectivity index (χ1n) is 5.82. The standard InChI is InChI=1S/C13H14N4/c1-9-11-8-15-7-4-12(11)17-13(16-9)10-2-5-14-6-3-10/h2-3,5-6,15H,4,7-8H2,1H3. The minimum atomic E-state index is 0.811. The average molecular weight is 226 g/mol. The molecule has 1 N–H and O–H groups in total. The number of nitrogens with one attached hydrogen (secondary N) is 1. The molecule has 0 spiro atoms. The average Bonchev–Trinajstić information content (AvgIpc) is 2.40. The summed E-state index contributed by atoms with van der Waals surface area (Å²) < 4.78 is 0. The van der Waals surface area contributed by atoms with E-state index in [0.29, 0.717) is 0 Å². The molecule has 2 aromatic heterocycles. The predicted molar refractivity (Wildman–Crippen MR) is 65.4 cm³/mol. The zero-order chi connectivity index (χ0) is 11.7. The van der Waals surface area contributed by atoms with Gasteiger partial charge in [-0.05, 0) is 19.1 Å². The summed E-state index contributed by atoms with van der Waals surface area (Å²) in [6.07, 6.45) is 4.53. The van der Waals surface area contributed by atoms with Gasteiger partial charge in [0.15, 0.2) is 5.82 Å². The smallest absolute Gasteiger partial charge is 0.159 e. The van der Waals surface area contributed by atoms with Gasteiger partial charge in [0.05, 0.1) is 5.69 Å². The van der Waals surface area contributed by atoms with Gasteiger partial charge in [-0.1, -0.05) is 0 Å². The number of aryl methyl sites for hydroxylation is 1. The number of rotatable bonds is 1. The van der Waals surface area contributed by atoms with Crippen molar-refractivity contribution in [2.45, 2.75) is 19.9 Å². The van der Waals surface area contributed by atoms with Crippen LogP contribution in [0.3, 0.4) is 0 Å². The Balaban J connectivity index is 2.11. The Bertz CT molecular complexity index is 537. The molecule has 1 aliphatic heterocycles. The van der Waals surface area contributed by atoms with Gasteiger partial charge in [-0.15, -0.1) is 0 Å². The third-order valence-electron chi connectivity index (χ3n) is 3.08. The largest absolute Gasteiger partial charge is 0.312 e. The van der Waals surface area contributed by atoms with Crippen molar-refractivity contribution in [3.8, 4) is 11.4 Å². The Morgan fingerprint density at radius 2 is 2.00 bits per heavy atom. The zero-order valence-corrected chi connectivity index (χ0v) is 9.77. The van der Waals surface area contributed by atoms with Crippen LogP contribution in [0.4, 0.5) is 0 Å². The summed E-state index contributed by atoms with van der Waals surface area (Å²) in [4.78, 5) is 13.3. The topological polar surface area (TPSA) is 50.7 Å². The lowest BCUT2D eigenvalue weighted by atomic mass is 10.1. The molecular weight excluding hydrogens is 212 g/mol. The normalized spacial score (nSPS) is 14.4. The number of fused-ring (bicyclic) bond motifs is 1. The first-order valence-corrected chi connectivity index (χ1v) is 5.82. The van der Waals surface area contributed by atoms with Gasteiger partial charge in [0, 0.05) is 48.7 Å². The van der Waals surface area contributed by atoms with Gasteiger partial charge < -0.3 is 5.32 Å². The molecular formula is C13H14N4. The maximum Gasteiger partial charge on any atom is 0.159 e. The summed E-state index contributed by atoms with van der Waals surface area (Å²) >= 11 is 0. The molecule has 86 valence electrons. The Labute approximate surface area is 100 Å². The lowest BCUT2D eigenvalue weighted by molar-refractivity contribution is 0.622. The van der Waals surface area contributed by atoms with E-state index in [1.807, 2.05) is 12.1 Å². The van der Waals surface area contributed by atoms with Crippen LogP contribution in [0.15, 0.2) is 24.5 Å². The molecule has 3 heterocycles. The second-order valence-corrected chi connectivity index (χ2v) is 4.22. The van der Waals surface area contributed by atoms with E-state index < -0.39 is 0 Å². The fourth-order valence-electron chi connectivity index (χ4n) is 2.14. The first kappa shape index (κ1) is 10.4. The highest BCUT2D eigenvalue weighted by Gasteiger charge is 2.15. The fraction of sp³-hybridized carbons (Fsp3) is 0.308. The first-order chi connectivity index (χ1) is 8.34. The van der Waals surface area contributed by atoms with E-state index in [1.165, 1.54) is 11.3 Å². The van der Waals surface area contributed by atoms with Crippen LogP contribution >= 0.6 is 0 Å². The number of hydrogen-bond donors (Lipinski definition) is 1. The number of pyridine rings is 1. The molecule has 3 rings (SSSR count). The van der Waals surface area contributed by atoms with Gasteiger partial charge >= 0.3 is 0 Å². The minimum Gasteiger partial charge on any atom is -0.312 e. The van der Waals surface area contributed by atoms with Crippen molar-refractivity contribution < 1.29 is 0 Å². The van der Waals surface area contributed by atoms with E-state index in [4.69, 9.17) is 0 Å². The summed E-state index contributed by atoms with van der Waals surface area (Å²) in [6, 6.07) is 3.89. The summed E-state index contributed by atoms with van der Waals surface area (Å²) in [5.74, 6) is 0.811. The number of aromatic nitrogens is 3. The third-order valence-corrected chi connectivity index (χ3v) is 3.08. The fourth-order valence-corrected chi connectivity index (χ4v) is 2.14. The summed E-state index contributed by atoms with van der Waals surface area (Å²) in [6.45, 7) is 3.94. The van der Waals surface area contributed by atoms with Crippen LogP contribution in [-0.2, 0) is 13.0 Å². The second kappa shape index (κ2) is 4.22. The van der Waals surface area contributed by atoms with Gasteiger partial charge in [0.2, 0.25) is 0 Å². The van der Waals surface area contributed by atoms with Gasteiger partial charge in [-0.25, -0.2) is 9.97 Å². The van der Waals surface area contributed by atoms with Gasteiger partial charge in [-0.3, -0.25) is 4.98 Å². The van der Waals surface area contributed by atoms with Crippen molar-refractivity contribution in [1.29, 1.82) is 0 Å². The highest BCUT2D eigenvalue weighted by Crippen LogP contribution is 2.20. The molecule has 2 aromatic rings. The maximum absolute atomic E-state index is 4.67. The molecule has 0 unspecified atom stereocenters. The van der Waals surface area contributed by atoms with Crippen LogP contribution in [0.1, 0.15) is 17.0 Å². The lowest BCUT2D eigenvalue weighted by Gasteiger charge is -2.18. The molecule has 0 aliphatic carbocycles. The van der Waals surface area contributed by atoms with Crippen LogP contribution in [-0.4, -0.2) is 21.5 Å². The number of hydrogen-bond acceptors (Lipinski definition) is 4. The Morgan fingerprint density at radius 1 is 1.18 bits per heavy atom. The van der Waals surface area contributed by atoms with E-state index in [9.17, 15) is 0 Å². The molecule has 0 saturated heterocycles. The second-order valence-electron chi connectivity index (χ2n) is 4.22. The van der Waals surface area contributed by atoms with Gasteiger partial charge in [0.1, 0.15) is 0 Å². The van der Waals surface area contributed by atoms with Crippen LogP contribution < -0.4 is 5.32 Å². The maximum atomic E-state index is 4.67. The minimum absolute atomic E-state index is 0.811. The van der Waals surface area contributed by atoms with Crippen LogP contribution in [0, 0.1) is 6.92 Å². The SMILES string of the molecule is Cc1nc(-c2ccncc2)nc2c1CNCC2. The van der Waals surface area contributed by atoms with Crippen molar-refractivity contribution >= 4 is 0 Å². The van der Waals surface area contributed by atoms with E-state index in [-0.39, 0.29) is 0 Å². The summed E-state index contributed by atoms with van der Waals surface area (Å²) in [7, 11) is 0. The molecule has 0 saturated carbocycles. The lowest BCUT2D eigenvalue weighted by Crippen LogP contribution is -2.26. The van der Waals surface area contributed by atoms with E-state index >= 15 is 0 Å². The van der Waals surface area contributed by atoms with Crippen LogP contribution in [0.2, 0.25) is 0 Å². The molecule has 0 aromatic carbocycles. The van der Waals surface area contributed by atoms with E-state index in [1.54, 1.807) is 12.4 Å². The third kappa shape index (κ3) is 1.91. The quantitative estimate of drug-likeness (QED) is 0.800. The molecule has 0 fully saturated rings. The molecule has 0 bridgehead atoms. The number of nitrogens with zero attached hydrogens (tertiary/aromatic N) is 3. The molecule has 4 heteroatoms. The Hall–Kier alpha value is -1.81. The van der Waals surface area contributed by atoms with Gasteiger partial charge in [0.25, 0.3) is 0 Å². The molecule has 0 amide bonds. The highest BCUT2D eigenvalue weighted by molar-refractivity contribution is 5.54. The van der Waals surface area contributed by atoms with Crippen LogP contribution in [0.25, 0.3) is 11.4 Å². The molecule has 17 heavy (non-hydrogen) atoms. The molecule has 1 aliphatic rings. The van der Waals surface area contributed by atoms with Crippen molar-refractivity contribution in [2.75, 3.05) is 6.54 Å². The molecule has 0 atom stereocenters. The van der Waals surface area contributed by atoms with Crippen LogP contribution in [0.5, 0.6) is 0 Å². The Kier molecular flexibility index (Phi) is 2.57. The summed E-state index contributed by atoms with van der Waals surface area (Å²) in [5.41, 5.74) is 4.55. The molecule has 4 nitrogen and oxygen atoms in total. The van der Waals surface area contributed by atoms with Crippen molar-refractivity contribution in [3.63, 3.8) is 0 Å². The Morgan fingerprint density at radius 3 is 2.82 bits per heavy atom. The highest BCUT2D eigenvalue weighted by atomic mass is 14.9. The van der Waals surface area contributed by atoms with E-state index in [2.05, 4.69) is 27.2 Å². The monoisotopic (exact) mass is 226 g/mol. The van der Waals surface area contributed by atoms with Gasteiger partial charge in [-0.2, -0.15) is 0 Å². The molecule has 0 radical (unpaired) electrons. The van der Waals surface area contributed by atoms with Crippen molar-refractivity contribution in [3.05, 3.63) is 41.5 Å². The summed E-state index contributed by atoms with van der Waals surface area (Å²) in [5, 5.41) is 3.35. The van der Waals surface area contributed by atoms with E-state index in [0.717, 1.165) is 36.6 Å². The zero-order valence-electron chi connectivity index (χ0n) is 9.77. The van der Waals surface area contributed by atoms with Crippen molar-refractivity contribution in [1.82, 2.24) is 20.3 Å². The predicted octanol–water partition coefficient (Wildman–Crippen LogP) is 1.49.